The molecule has 0 amide bonds. The van der Waals surface area contributed by atoms with Crippen LogP contribution >= 0.6 is 23.4 Å². The van der Waals surface area contributed by atoms with E-state index in [-0.39, 0.29) is 6.10 Å². The number of ether oxygens (including phenoxy) is 1. The molecule has 3 aromatic carbocycles. The van der Waals surface area contributed by atoms with Gasteiger partial charge in [-0.15, -0.1) is 0 Å². The van der Waals surface area contributed by atoms with Gasteiger partial charge in [0.05, 0.1) is 16.8 Å². The van der Waals surface area contributed by atoms with Crippen molar-refractivity contribution in [3.63, 3.8) is 0 Å². The smallest absolute Gasteiger partial charge is 0.119 e. The Labute approximate surface area is 283 Å². The van der Waals surface area contributed by atoms with Gasteiger partial charge in [0.2, 0.25) is 0 Å². The summed E-state index contributed by atoms with van der Waals surface area (Å²) in [5.74, 6) is 10.1. The van der Waals surface area contributed by atoms with Crippen LogP contribution in [0.3, 0.4) is 0 Å². The molecule has 0 bridgehead atoms. The lowest BCUT2D eigenvalue weighted by Gasteiger charge is -2.26. The predicted octanol–water partition coefficient (Wildman–Crippen LogP) is 6.76. The highest BCUT2D eigenvalue weighted by Gasteiger charge is 2.22. The summed E-state index contributed by atoms with van der Waals surface area (Å²) in [5.41, 5.74) is 9.03. The summed E-state index contributed by atoms with van der Waals surface area (Å²) < 4.78 is 8.00. The van der Waals surface area contributed by atoms with E-state index in [9.17, 15) is 0 Å². The zero-order chi connectivity index (χ0) is 31.7. The molecule has 240 valence electrons. The quantitative estimate of drug-likeness (QED) is 0.175. The predicted molar refractivity (Wildman–Crippen MR) is 192 cm³/mol. The fraction of sp³-hybridized carbons (Fsp3) is 0.395. The molecule has 46 heavy (non-hydrogen) atoms. The van der Waals surface area contributed by atoms with Crippen molar-refractivity contribution in [1.29, 1.82) is 0 Å². The van der Waals surface area contributed by atoms with Crippen LogP contribution in [0.25, 0.3) is 11.3 Å². The molecule has 1 aromatic heterocycles. The van der Waals surface area contributed by atoms with Crippen LogP contribution < -0.4 is 15.4 Å². The van der Waals surface area contributed by atoms with Crippen molar-refractivity contribution < 1.29 is 4.74 Å². The summed E-state index contributed by atoms with van der Waals surface area (Å²) >= 11 is 8.71. The van der Waals surface area contributed by atoms with Gasteiger partial charge in [-0.1, -0.05) is 53.8 Å². The van der Waals surface area contributed by atoms with Crippen LogP contribution in [0.5, 0.6) is 5.75 Å². The first kappa shape index (κ1) is 32.7. The molecule has 3 heterocycles. The standard InChI is InChI=1S/C38H44ClN5OS/c1-28(2)45-34-13-9-31(10-14-34)26-41-25-30-6-4-29(5-7-30)8-11-32-24-33(12-15-36(32)39)38-35-27-40-17-16-37(35)44(42-38)19-3-18-43-20-22-46-23-21-43/h4-7,9-10,12-15,24,28,40-41H,3,16-23,25-27H2,1-2H3. The summed E-state index contributed by atoms with van der Waals surface area (Å²) in [6.07, 6.45) is 2.32. The fourth-order valence-corrected chi connectivity index (χ4v) is 7.17. The van der Waals surface area contributed by atoms with Crippen LogP contribution in [-0.4, -0.2) is 58.5 Å². The van der Waals surface area contributed by atoms with E-state index in [1.54, 1.807) is 0 Å². The van der Waals surface area contributed by atoms with Gasteiger partial charge in [0, 0.05) is 91.7 Å². The molecule has 6 nitrogen and oxygen atoms in total. The SMILES string of the molecule is CC(C)Oc1ccc(CNCc2ccc(C#Cc3cc(-c4nn(CCCN5CCSCC5)c5c4CNCC5)ccc3Cl)cc2)cc1. The third kappa shape index (κ3) is 8.76. The third-order valence-electron chi connectivity index (χ3n) is 8.44. The first-order valence-corrected chi connectivity index (χ1v) is 18.0. The molecule has 0 saturated carbocycles. The minimum atomic E-state index is 0.181. The minimum Gasteiger partial charge on any atom is -0.491 e. The molecule has 1 fully saturated rings. The Hall–Kier alpha value is -3.25. The molecule has 2 aliphatic rings. The van der Waals surface area contributed by atoms with Crippen molar-refractivity contribution >= 4 is 23.4 Å². The Morgan fingerprint density at radius 3 is 2.43 bits per heavy atom. The van der Waals surface area contributed by atoms with Gasteiger partial charge in [0.1, 0.15) is 5.75 Å². The van der Waals surface area contributed by atoms with E-state index < -0.39 is 0 Å². The Balaban J connectivity index is 1.08. The van der Waals surface area contributed by atoms with E-state index in [1.807, 2.05) is 32.0 Å². The highest BCUT2D eigenvalue weighted by Crippen LogP contribution is 2.30. The molecule has 0 radical (unpaired) electrons. The van der Waals surface area contributed by atoms with Crippen LogP contribution in [0.4, 0.5) is 0 Å². The summed E-state index contributed by atoms with van der Waals surface area (Å²) in [5, 5.41) is 12.9. The third-order valence-corrected chi connectivity index (χ3v) is 9.72. The molecule has 6 rings (SSSR count). The fourth-order valence-electron chi connectivity index (χ4n) is 6.03. The lowest BCUT2D eigenvalue weighted by atomic mass is 10.0. The Kier molecular flexibility index (Phi) is 11.4. The Morgan fingerprint density at radius 2 is 1.70 bits per heavy atom. The van der Waals surface area contributed by atoms with Crippen LogP contribution in [0.1, 0.15) is 53.8 Å². The van der Waals surface area contributed by atoms with Gasteiger partial charge < -0.3 is 20.3 Å². The van der Waals surface area contributed by atoms with Crippen molar-refractivity contribution in [2.24, 2.45) is 0 Å². The van der Waals surface area contributed by atoms with Gasteiger partial charge in [-0.2, -0.15) is 16.9 Å². The highest BCUT2D eigenvalue weighted by atomic mass is 35.5. The molecular formula is C38H44ClN5OS. The van der Waals surface area contributed by atoms with Gasteiger partial charge in [-0.05, 0) is 74.3 Å². The average molecular weight is 654 g/mol. The Morgan fingerprint density at radius 1 is 0.957 bits per heavy atom. The number of aromatic nitrogens is 2. The number of nitrogens with one attached hydrogen (secondary N) is 2. The lowest BCUT2D eigenvalue weighted by Crippen LogP contribution is -2.34. The number of hydrogen-bond donors (Lipinski definition) is 2. The van der Waals surface area contributed by atoms with E-state index in [1.165, 1.54) is 47.0 Å². The molecule has 8 heteroatoms. The number of hydrogen-bond acceptors (Lipinski definition) is 6. The Bertz CT molecular complexity index is 1650. The number of benzene rings is 3. The average Bonchev–Trinajstić information content (AvgIpc) is 3.44. The van der Waals surface area contributed by atoms with Crippen LogP contribution in [0.2, 0.25) is 5.02 Å². The van der Waals surface area contributed by atoms with Crippen molar-refractivity contribution in [3.05, 3.63) is 105 Å². The number of nitrogens with zero attached hydrogens (tertiary/aromatic N) is 3. The van der Waals surface area contributed by atoms with Crippen LogP contribution in [0, 0.1) is 11.8 Å². The second kappa shape index (κ2) is 16.0. The maximum Gasteiger partial charge on any atom is 0.119 e. The van der Waals surface area contributed by atoms with E-state index >= 15 is 0 Å². The summed E-state index contributed by atoms with van der Waals surface area (Å²) in [6, 6.07) is 22.8. The van der Waals surface area contributed by atoms with E-state index in [2.05, 4.69) is 92.3 Å². The van der Waals surface area contributed by atoms with Gasteiger partial charge in [-0.25, -0.2) is 0 Å². The largest absolute Gasteiger partial charge is 0.491 e. The van der Waals surface area contributed by atoms with Gasteiger partial charge in [0.15, 0.2) is 0 Å². The van der Waals surface area contributed by atoms with Crippen molar-refractivity contribution in [1.82, 2.24) is 25.3 Å². The van der Waals surface area contributed by atoms with Crippen molar-refractivity contribution in [2.45, 2.75) is 59.0 Å². The first-order chi connectivity index (χ1) is 22.5. The summed E-state index contributed by atoms with van der Waals surface area (Å²) in [4.78, 5) is 2.59. The maximum atomic E-state index is 6.64. The topological polar surface area (TPSA) is 54.4 Å². The maximum absolute atomic E-state index is 6.64. The van der Waals surface area contributed by atoms with E-state index in [0.29, 0.717) is 5.02 Å². The second-order valence-electron chi connectivity index (χ2n) is 12.3. The molecule has 0 atom stereocenters. The van der Waals surface area contributed by atoms with E-state index in [4.69, 9.17) is 21.4 Å². The molecule has 4 aromatic rings. The van der Waals surface area contributed by atoms with Crippen LogP contribution in [0.15, 0.2) is 66.7 Å². The van der Waals surface area contributed by atoms with Gasteiger partial charge in [-0.3, -0.25) is 4.68 Å². The minimum absolute atomic E-state index is 0.181. The summed E-state index contributed by atoms with van der Waals surface area (Å²) in [7, 11) is 0. The monoisotopic (exact) mass is 653 g/mol. The van der Waals surface area contributed by atoms with Gasteiger partial charge in [0.25, 0.3) is 0 Å². The van der Waals surface area contributed by atoms with Crippen molar-refractivity contribution in [2.75, 3.05) is 37.7 Å². The van der Waals surface area contributed by atoms with Crippen molar-refractivity contribution in [3.8, 4) is 28.8 Å². The molecule has 2 aliphatic heterocycles. The highest BCUT2D eigenvalue weighted by molar-refractivity contribution is 7.99. The number of halogens is 1. The molecule has 0 unspecified atom stereocenters. The lowest BCUT2D eigenvalue weighted by molar-refractivity contribution is 0.242. The summed E-state index contributed by atoms with van der Waals surface area (Å²) in [6.45, 7) is 12.0. The number of rotatable bonds is 11. The molecule has 1 saturated heterocycles. The molecule has 0 aliphatic carbocycles. The normalized spacial score (nSPS) is 15.0. The molecule has 2 N–H and O–H groups in total. The van der Waals surface area contributed by atoms with E-state index in [0.717, 1.165) is 80.2 Å². The number of thioether (sulfide) groups is 1. The number of aryl methyl sites for hydroxylation is 1. The second-order valence-corrected chi connectivity index (χ2v) is 13.9. The van der Waals surface area contributed by atoms with Crippen LogP contribution in [-0.2, 0) is 32.6 Å². The van der Waals surface area contributed by atoms with Gasteiger partial charge >= 0.3 is 0 Å². The number of fused-ring (bicyclic) bond motifs is 1. The first-order valence-electron chi connectivity index (χ1n) is 16.5. The molecule has 0 spiro atoms. The zero-order valence-electron chi connectivity index (χ0n) is 26.9. The molecular weight excluding hydrogens is 610 g/mol. The zero-order valence-corrected chi connectivity index (χ0v) is 28.5.